The number of esters is 1. The van der Waals surface area contributed by atoms with Crippen molar-refractivity contribution in [3.8, 4) is 16.9 Å². The van der Waals surface area contributed by atoms with E-state index in [1.807, 2.05) is 48.5 Å². The van der Waals surface area contributed by atoms with Crippen LogP contribution in [0.25, 0.3) is 11.1 Å². The zero-order valence-corrected chi connectivity index (χ0v) is 15.3. The van der Waals surface area contributed by atoms with E-state index in [1.54, 1.807) is 12.1 Å². The van der Waals surface area contributed by atoms with Gasteiger partial charge in [0.15, 0.2) is 0 Å². The van der Waals surface area contributed by atoms with E-state index in [2.05, 4.69) is 5.32 Å². The first-order chi connectivity index (χ1) is 13.6. The number of ether oxygens (including phenoxy) is 1. The molecule has 1 amide bonds. The highest BCUT2D eigenvalue weighted by Gasteiger charge is 2.39. The number of phenols is 1. The van der Waals surface area contributed by atoms with Crippen molar-refractivity contribution in [2.24, 2.45) is 0 Å². The van der Waals surface area contributed by atoms with E-state index in [9.17, 15) is 14.7 Å². The molecule has 0 heterocycles. The summed E-state index contributed by atoms with van der Waals surface area (Å²) in [5, 5.41) is 12.5. The summed E-state index contributed by atoms with van der Waals surface area (Å²) in [6.45, 7) is 0. The molecule has 140 valence electrons. The maximum Gasteiger partial charge on any atom is 0.329 e. The number of amides is 1. The van der Waals surface area contributed by atoms with Gasteiger partial charge in [-0.05, 0) is 40.5 Å². The molecule has 0 saturated heterocycles. The van der Waals surface area contributed by atoms with Gasteiger partial charge in [0.05, 0.1) is 7.11 Å². The molecule has 2 N–H and O–H groups in total. The lowest BCUT2D eigenvalue weighted by Gasteiger charge is -2.24. The number of methoxy groups -OCH3 is 1. The number of phenolic OH excluding ortho intramolecular Hbond substituents is 1. The molecule has 1 aliphatic carbocycles. The Labute approximate surface area is 162 Å². The maximum absolute atomic E-state index is 12.8. The van der Waals surface area contributed by atoms with Crippen LogP contribution >= 0.6 is 0 Å². The van der Waals surface area contributed by atoms with E-state index in [0.717, 1.165) is 22.3 Å². The van der Waals surface area contributed by atoms with Gasteiger partial charge in [-0.15, -0.1) is 0 Å². The Bertz CT molecular complexity index is 1010. The van der Waals surface area contributed by atoms with E-state index in [0.29, 0.717) is 0 Å². The number of benzene rings is 3. The summed E-state index contributed by atoms with van der Waals surface area (Å²) in [7, 11) is 1.31. The van der Waals surface area contributed by atoms with Gasteiger partial charge in [-0.1, -0.05) is 54.6 Å². The normalized spacial score (nSPS) is 13.3. The van der Waals surface area contributed by atoms with Gasteiger partial charge in [-0.3, -0.25) is 4.79 Å². The van der Waals surface area contributed by atoms with E-state index < -0.39 is 17.9 Å². The fourth-order valence-electron chi connectivity index (χ4n) is 3.83. The lowest BCUT2D eigenvalue weighted by Crippen LogP contribution is -2.45. The third kappa shape index (κ3) is 3.01. The Balaban J connectivity index is 1.76. The van der Waals surface area contributed by atoms with Crippen molar-refractivity contribution < 1.29 is 19.4 Å². The molecule has 5 nitrogen and oxygen atoms in total. The Kier molecular flexibility index (Phi) is 4.57. The quantitative estimate of drug-likeness (QED) is 0.687. The number of carbonyl (C=O) groups excluding carboxylic acids is 2. The molecule has 3 aromatic rings. The van der Waals surface area contributed by atoms with E-state index >= 15 is 0 Å². The molecule has 28 heavy (non-hydrogen) atoms. The zero-order valence-electron chi connectivity index (χ0n) is 15.3. The average molecular weight is 373 g/mol. The van der Waals surface area contributed by atoms with E-state index in [4.69, 9.17) is 4.74 Å². The maximum atomic E-state index is 12.8. The molecule has 4 rings (SSSR count). The van der Waals surface area contributed by atoms with Crippen LogP contribution in [0.4, 0.5) is 0 Å². The standard InChI is InChI=1S/C23H19NO4/c1-28-23(27)21(24-22(26)14-7-6-8-15(25)13-14)20-18-11-4-2-9-16(18)17-10-3-5-12-19(17)20/h2-13,20-21,25H,1H3,(H,24,26)/t21-/m0/s1. The smallest absolute Gasteiger partial charge is 0.329 e. The van der Waals surface area contributed by atoms with Gasteiger partial charge in [0.1, 0.15) is 11.8 Å². The van der Waals surface area contributed by atoms with Gasteiger partial charge >= 0.3 is 5.97 Å². The molecule has 1 atom stereocenters. The molecule has 0 spiro atoms. The second-order valence-corrected chi connectivity index (χ2v) is 6.68. The van der Waals surface area contributed by atoms with Crippen molar-refractivity contribution in [1.82, 2.24) is 5.32 Å². The van der Waals surface area contributed by atoms with Crippen molar-refractivity contribution in [3.63, 3.8) is 0 Å². The van der Waals surface area contributed by atoms with Crippen LogP contribution in [0.2, 0.25) is 0 Å². The monoisotopic (exact) mass is 373 g/mol. The van der Waals surface area contributed by atoms with Crippen LogP contribution in [-0.2, 0) is 9.53 Å². The number of hydrogen-bond acceptors (Lipinski definition) is 4. The van der Waals surface area contributed by atoms with Crippen LogP contribution in [0.5, 0.6) is 5.75 Å². The summed E-state index contributed by atoms with van der Waals surface area (Å²) in [6.07, 6.45) is 0. The lowest BCUT2D eigenvalue weighted by atomic mass is 9.89. The Hall–Kier alpha value is -3.60. The van der Waals surface area contributed by atoms with Gasteiger partial charge in [0.2, 0.25) is 0 Å². The van der Waals surface area contributed by atoms with Crippen LogP contribution in [-0.4, -0.2) is 30.1 Å². The highest BCUT2D eigenvalue weighted by molar-refractivity contribution is 5.98. The molecule has 0 unspecified atom stereocenters. The number of nitrogens with one attached hydrogen (secondary N) is 1. The predicted molar refractivity (Wildman–Crippen MR) is 105 cm³/mol. The van der Waals surface area contributed by atoms with Crippen molar-refractivity contribution in [2.75, 3.05) is 7.11 Å². The van der Waals surface area contributed by atoms with Crippen molar-refractivity contribution >= 4 is 11.9 Å². The van der Waals surface area contributed by atoms with Gasteiger partial charge in [0.25, 0.3) is 5.91 Å². The SMILES string of the molecule is COC(=O)[C@@H](NC(=O)c1cccc(O)c1)C1c2ccccc2-c2ccccc21. The summed E-state index contributed by atoms with van der Waals surface area (Å²) in [6, 6.07) is 20.8. The highest BCUT2D eigenvalue weighted by atomic mass is 16.5. The summed E-state index contributed by atoms with van der Waals surface area (Å²) >= 11 is 0. The van der Waals surface area contributed by atoms with E-state index in [-0.39, 0.29) is 17.2 Å². The van der Waals surface area contributed by atoms with Gasteiger partial charge < -0.3 is 15.2 Å². The molecule has 0 radical (unpaired) electrons. The van der Waals surface area contributed by atoms with Gasteiger partial charge in [-0.25, -0.2) is 4.79 Å². The van der Waals surface area contributed by atoms with Crippen LogP contribution < -0.4 is 5.32 Å². The van der Waals surface area contributed by atoms with Gasteiger partial charge in [-0.2, -0.15) is 0 Å². The number of rotatable bonds is 4. The molecule has 3 aromatic carbocycles. The van der Waals surface area contributed by atoms with Crippen molar-refractivity contribution in [3.05, 3.63) is 89.5 Å². The summed E-state index contributed by atoms with van der Waals surface area (Å²) in [4.78, 5) is 25.4. The molecular weight excluding hydrogens is 354 g/mol. The Morgan fingerprint density at radius 1 is 0.929 bits per heavy atom. The number of fused-ring (bicyclic) bond motifs is 3. The first-order valence-corrected chi connectivity index (χ1v) is 8.96. The van der Waals surface area contributed by atoms with Crippen LogP contribution in [0.15, 0.2) is 72.8 Å². The molecule has 0 saturated carbocycles. The summed E-state index contributed by atoms with van der Waals surface area (Å²) in [5.41, 5.74) is 4.30. The summed E-state index contributed by atoms with van der Waals surface area (Å²) in [5.74, 6) is -1.35. The molecule has 0 bridgehead atoms. The van der Waals surface area contributed by atoms with E-state index in [1.165, 1.54) is 19.2 Å². The lowest BCUT2D eigenvalue weighted by molar-refractivity contribution is -0.143. The molecule has 0 aliphatic heterocycles. The largest absolute Gasteiger partial charge is 0.508 e. The van der Waals surface area contributed by atoms with Crippen molar-refractivity contribution in [2.45, 2.75) is 12.0 Å². The molecule has 1 aliphatic rings. The van der Waals surface area contributed by atoms with Crippen LogP contribution in [0, 0.1) is 0 Å². The second-order valence-electron chi connectivity index (χ2n) is 6.68. The fraction of sp³-hybridized carbons (Fsp3) is 0.130. The predicted octanol–water partition coefficient (Wildman–Crippen LogP) is 3.48. The number of carbonyl (C=O) groups is 2. The highest BCUT2D eigenvalue weighted by Crippen LogP contribution is 2.46. The Morgan fingerprint density at radius 3 is 2.11 bits per heavy atom. The molecular formula is C23H19NO4. The van der Waals surface area contributed by atoms with Crippen LogP contribution in [0.3, 0.4) is 0 Å². The number of aromatic hydroxyl groups is 1. The fourth-order valence-corrected chi connectivity index (χ4v) is 3.83. The zero-order chi connectivity index (χ0) is 19.7. The minimum absolute atomic E-state index is 0.0150. The first-order valence-electron chi connectivity index (χ1n) is 8.96. The average Bonchev–Trinajstić information content (AvgIpc) is 3.06. The minimum atomic E-state index is -0.898. The number of hydrogen-bond donors (Lipinski definition) is 2. The third-order valence-electron chi connectivity index (χ3n) is 5.07. The van der Waals surface area contributed by atoms with Crippen LogP contribution in [0.1, 0.15) is 27.4 Å². The topological polar surface area (TPSA) is 75.6 Å². The first kappa shape index (κ1) is 17.8. The minimum Gasteiger partial charge on any atom is -0.508 e. The van der Waals surface area contributed by atoms with Crippen molar-refractivity contribution in [1.29, 1.82) is 0 Å². The summed E-state index contributed by atoms with van der Waals surface area (Å²) < 4.78 is 5.01. The van der Waals surface area contributed by atoms with Gasteiger partial charge in [0, 0.05) is 11.5 Å². The Morgan fingerprint density at radius 2 is 1.54 bits per heavy atom. The third-order valence-corrected chi connectivity index (χ3v) is 5.07. The molecule has 0 aromatic heterocycles. The molecule has 5 heteroatoms. The second kappa shape index (κ2) is 7.19. The molecule has 0 fully saturated rings.